The van der Waals surface area contributed by atoms with Gasteiger partial charge in [-0.3, -0.25) is 37.3 Å². The third kappa shape index (κ3) is 73.8. The van der Waals surface area contributed by atoms with E-state index < -0.39 is 97.5 Å². The van der Waals surface area contributed by atoms with Crippen LogP contribution in [0.15, 0.2) is 24.3 Å². The van der Waals surface area contributed by atoms with Gasteiger partial charge in [0.25, 0.3) is 0 Å². The second-order valence-electron chi connectivity index (χ2n) is 29.0. The molecule has 0 aliphatic heterocycles. The summed E-state index contributed by atoms with van der Waals surface area (Å²) in [5.41, 5.74) is 0. The van der Waals surface area contributed by atoms with Gasteiger partial charge >= 0.3 is 39.5 Å². The van der Waals surface area contributed by atoms with E-state index in [-0.39, 0.29) is 25.7 Å². The quantitative estimate of drug-likeness (QED) is 0.0169. The fourth-order valence-electron chi connectivity index (χ4n) is 12.0. The molecule has 100 heavy (non-hydrogen) atoms. The Morgan fingerprint density at radius 1 is 0.310 bits per heavy atom. The Labute approximate surface area is 612 Å². The molecule has 0 aromatic heterocycles. The lowest BCUT2D eigenvalue weighted by Crippen LogP contribution is -2.30. The number of allylic oxidation sites excluding steroid dienone is 4. The van der Waals surface area contributed by atoms with Crippen molar-refractivity contribution in [3.63, 3.8) is 0 Å². The van der Waals surface area contributed by atoms with Crippen molar-refractivity contribution in [2.75, 3.05) is 39.6 Å². The van der Waals surface area contributed by atoms with E-state index in [1.165, 1.54) is 218 Å². The Morgan fingerprint density at radius 3 is 0.820 bits per heavy atom. The summed E-state index contributed by atoms with van der Waals surface area (Å²) in [7, 11) is -9.93. The molecule has 3 N–H and O–H groups in total. The summed E-state index contributed by atoms with van der Waals surface area (Å²) in [6, 6.07) is 0. The SMILES string of the molecule is CCCCCC/C=C\C=C/CCCCCCCC(=O)O[C@H](COC(=O)CCCCCCCCCCCCC)COP(=O)(O)OC[C@H](O)COP(=O)(O)OC[C@@H](COC(=O)CCCCCCCCCCCCCCCC(C)C)OC(=O)CCCCCCCCCCCCCCCCCCCC. The molecule has 0 aromatic carbocycles. The lowest BCUT2D eigenvalue weighted by Gasteiger charge is -2.21. The van der Waals surface area contributed by atoms with Crippen molar-refractivity contribution in [2.45, 2.75) is 425 Å². The van der Waals surface area contributed by atoms with Crippen molar-refractivity contribution < 1.29 is 80.2 Å². The average Bonchev–Trinajstić information content (AvgIpc) is 1.06. The van der Waals surface area contributed by atoms with Crippen molar-refractivity contribution in [3.8, 4) is 0 Å². The van der Waals surface area contributed by atoms with Gasteiger partial charge in [0, 0.05) is 25.7 Å². The van der Waals surface area contributed by atoms with Crippen LogP contribution in [0.3, 0.4) is 0 Å². The smallest absolute Gasteiger partial charge is 0.462 e. The Kier molecular flexibility index (Phi) is 71.6. The van der Waals surface area contributed by atoms with Crippen LogP contribution < -0.4 is 0 Å². The minimum atomic E-state index is -4.97. The van der Waals surface area contributed by atoms with Crippen molar-refractivity contribution in [1.29, 1.82) is 0 Å². The minimum absolute atomic E-state index is 0.0856. The van der Waals surface area contributed by atoms with Gasteiger partial charge in [-0.2, -0.15) is 0 Å². The molecule has 2 unspecified atom stereocenters. The number of ether oxygens (including phenoxy) is 4. The van der Waals surface area contributed by atoms with Crippen molar-refractivity contribution in [1.82, 2.24) is 0 Å². The molecule has 0 saturated heterocycles. The number of aliphatic hydroxyl groups is 1. The lowest BCUT2D eigenvalue weighted by atomic mass is 10.0. The highest BCUT2D eigenvalue weighted by atomic mass is 31.2. The molecule has 0 spiro atoms. The Hall–Kier alpha value is -2.46. The number of carbonyl (C=O) groups is 4. The molecule has 0 aromatic rings. The summed E-state index contributed by atoms with van der Waals surface area (Å²) >= 11 is 0. The van der Waals surface area contributed by atoms with Gasteiger partial charge in [-0.1, -0.05) is 354 Å². The van der Waals surface area contributed by atoms with Crippen LogP contribution in [0, 0.1) is 5.92 Å². The first-order valence-electron chi connectivity index (χ1n) is 41.5. The molecule has 0 heterocycles. The largest absolute Gasteiger partial charge is 0.472 e. The number of hydrogen-bond donors (Lipinski definition) is 3. The molecule has 0 radical (unpaired) electrons. The molecule has 0 aliphatic carbocycles. The van der Waals surface area contributed by atoms with Crippen LogP contribution in [0.5, 0.6) is 0 Å². The highest BCUT2D eigenvalue weighted by Crippen LogP contribution is 2.45. The Balaban J connectivity index is 5.28. The number of esters is 4. The third-order valence-electron chi connectivity index (χ3n) is 18.4. The Bertz CT molecular complexity index is 2000. The van der Waals surface area contributed by atoms with Crippen LogP contribution >= 0.6 is 15.6 Å². The van der Waals surface area contributed by atoms with E-state index in [9.17, 15) is 43.2 Å². The molecule has 0 fully saturated rings. The summed E-state index contributed by atoms with van der Waals surface area (Å²) in [4.78, 5) is 73.0. The molecule has 5 atom stereocenters. The van der Waals surface area contributed by atoms with Gasteiger partial charge in [0.05, 0.1) is 26.4 Å². The summed E-state index contributed by atoms with van der Waals surface area (Å²) in [6.07, 6.45) is 67.3. The molecule has 0 amide bonds. The fourth-order valence-corrected chi connectivity index (χ4v) is 13.6. The number of rotatable bonds is 79. The standard InChI is InChI=1S/C81H154O17P2/c1-6-9-12-15-18-21-24-26-28-29-30-32-36-42-47-52-57-62-67-81(86)98-77(71-92-79(84)65-60-55-50-45-40-37-33-34-39-43-48-53-58-63-74(4)5)73-96-100(89,90)94-69-75(82)68-93-99(87,88)95-72-76(70-91-78(83)64-59-54-49-44-38-23-20-17-14-11-8-3)97-80(85)66-61-56-51-46-41-35-31-27-25-22-19-16-13-10-7-2/h22,25,27,31,74-77,82H,6-21,23-24,26,28-30,32-73H2,1-5H3,(H,87,88)(H,89,90)/b25-22-,31-27-/t75-,76+,77+/m0/s1. The second-order valence-corrected chi connectivity index (χ2v) is 31.9. The van der Waals surface area contributed by atoms with Crippen LogP contribution in [0.1, 0.15) is 407 Å². The summed E-state index contributed by atoms with van der Waals surface area (Å²) < 4.78 is 68.7. The van der Waals surface area contributed by atoms with Crippen LogP contribution in [-0.4, -0.2) is 96.7 Å². The number of unbranched alkanes of at least 4 members (excludes halogenated alkanes) is 48. The molecule has 590 valence electrons. The molecule has 0 aliphatic rings. The maximum atomic E-state index is 13.1. The van der Waals surface area contributed by atoms with E-state index in [2.05, 4.69) is 58.9 Å². The topological polar surface area (TPSA) is 237 Å². The molecule has 0 bridgehead atoms. The van der Waals surface area contributed by atoms with Crippen molar-refractivity contribution in [3.05, 3.63) is 24.3 Å². The zero-order valence-corrected chi connectivity index (χ0v) is 66.6. The van der Waals surface area contributed by atoms with Crippen LogP contribution in [0.4, 0.5) is 0 Å². The molecular weight excluding hydrogens is 1310 g/mol. The van der Waals surface area contributed by atoms with E-state index in [4.69, 9.17) is 37.0 Å². The predicted molar refractivity (Wildman–Crippen MR) is 409 cm³/mol. The number of aliphatic hydroxyl groups excluding tert-OH is 1. The van der Waals surface area contributed by atoms with E-state index >= 15 is 0 Å². The van der Waals surface area contributed by atoms with Gasteiger partial charge in [-0.05, 0) is 57.3 Å². The van der Waals surface area contributed by atoms with Crippen LogP contribution in [0.2, 0.25) is 0 Å². The first kappa shape index (κ1) is 97.5. The van der Waals surface area contributed by atoms with Gasteiger partial charge in [0.2, 0.25) is 0 Å². The van der Waals surface area contributed by atoms with Gasteiger partial charge in [0.15, 0.2) is 12.2 Å². The van der Waals surface area contributed by atoms with Gasteiger partial charge in [-0.15, -0.1) is 0 Å². The van der Waals surface area contributed by atoms with E-state index in [0.717, 1.165) is 109 Å². The normalized spacial score (nSPS) is 14.0. The van der Waals surface area contributed by atoms with Crippen LogP contribution in [-0.2, 0) is 65.4 Å². The lowest BCUT2D eigenvalue weighted by molar-refractivity contribution is -0.161. The van der Waals surface area contributed by atoms with Crippen molar-refractivity contribution in [2.24, 2.45) is 5.92 Å². The summed E-state index contributed by atoms with van der Waals surface area (Å²) in [6.45, 7) is 7.28. The average molecular weight is 1460 g/mol. The minimum Gasteiger partial charge on any atom is -0.462 e. The van der Waals surface area contributed by atoms with E-state index in [1.54, 1.807) is 0 Å². The Morgan fingerprint density at radius 2 is 0.540 bits per heavy atom. The summed E-state index contributed by atoms with van der Waals surface area (Å²) in [5.74, 6) is -1.35. The zero-order chi connectivity index (χ0) is 73.4. The monoisotopic (exact) mass is 1460 g/mol. The summed E-state index contributed by atoms with van der Waals surface area (Å²) in [5, 5.41) is 10.6. The second kappa shape index (κ2) is 73.4. The highest BCUT2D eigenvalue weighted by Gasteiger charge is 2.30. The number of carbonyl (C=O) groups excluding carboxylic acids is 4. The van der Waals surface area contributed by atoms with Gasteiger partial charge in [0.1, 0.15) is 19.3 Å². The maximum absolute atomic E-state index is 13.1. The first-order valence-corrected chi connectivity index (χ1v) is 44.4. The molecule has 17 nitrogen and oxygen atoms in total. The zero-order valence-electron chi connectivity index (χ0n) is 64.8. The van der Waals surface area contributed by atoms with Gasteiger partial charge in [-0.25, -0.2) is 9.13 Å². The first-order chi connectivity index (χ1) is 48.5. The number of hydrogen-bond acceptors (Lipinski definition) is 15. The van der Waals surface area contributed by atoms with Crippen LogP contribution in [0.25, 0.3) is 0 Å². The third-order valence-corrected chi connectivity index (χ3v) is 20.3. The molecule has 19 heteroatoms. The fraction of sp³-hybridized carbons (Fsp3) is 0.901. The number of phosphoric ester groups is 2. The molecule has 0 saturated carbocycles. The number of phosphoric acid groups is 2. The van der Waals surface area contributed by atoms with Crippen molar-refractivity contribution >= 4 is 39.5 Å². The molecular formula is C81H154O17P2. The molecule has 0 rings (SSSR count). The van der Waals surface area contributed by atoms with E-state index in [1.807, 2.05) is 0 Å². The van der Waals surface area contributed by atoms with Gasteiger partial charge < -0.3 is 33.8 Å². The highest BCUT2D eigenvalue weighted by molar-refractivity contribution is 7.47. The van der Waals surface area contributed by atoms with E-state index in [0.29, 0.717) is 25.7 Å². The maximum Gasteiger partial charge on any atom is 0.472 e. The predicted octanol–water partition coefficient (Wildman–Crippen LogP) is 24.0.